The molecule has 0 saturated carbocycles. The number of esters is 1. The summed E-state index contributed by atoms with van der Waals surface area (Å²) >= 11 is 0. The topological polar surface area (TPSA) is 44.8 Å². The second kappa shape index (κ2) is 15.4. The molecule has 2 atom stereocenters. The van der Waals surface area contributed by atoms with Gasteiger partial charge in [0.15, 0.2) is 6.29 Å². The van der Waals surface area contributed by atoms with Crippen LogP contribution >= 0.6 is 0 Å². The highest BCUT2D eigenvalue weighted by atomic mass is 16.7. The van der Waals surface area contributed by atoms with Gasteiger partial charge in [-0.05, 0) is 51.9 Å². The summed E-state index contributed by atoms with van der Waals surface area (Å²) in [7, 11) is 0. The lowest BCUT2D eigenvalue weighted by molar-refractivity contribution is -0.193. The Kier molecular flexibility index (Phi) is 13.6. The third kappa shape index (κ3) is 12.2. The Hall–Kier alpha value is -0.870. The van der Waals surface area contributed by atoms with E-state index in [2.05, 4.69) is 19.1 Å². The summed E-state index contributed by atoms with van der Waals surface area (Å²) < 4.78 is 16.7. The zero-order valence-corrected chi connectivity index (χ0v) is 16.3. The zero-order valence-electron chi connectivity index (χ0n) is 16.3. The zero-order chi connectivity index (χ0) is 18.2. The molecule has 0 aliphatic carbocycles. The Balaban J connectivity index is 2.25. The van der Waals surface area contributed by atoms with Gasteiger partial charge in [-0.1, -0.05) is 44.8 Å². The maximum absolute atomic E-state index is 11.8. The first-order chi connectivity index (χ1) is 12.3. The first-order valence-electron chi connectivity index (χ1n) is 10.3. The summed E-state index contributed by atoms with van der Waals surface area (Å²) in [6, 6.07) is 0. The molecule has 1 heterocycles. The van der Waals surface area contributed by atoms with E-state index in [1.54, 1.807) is 0 Å². The number of hydrogen-bond donors (Lipinski definition) is 0. The van der Waals surface area contributed by atoms with Crippen molar-refractivity contribution >= 4 is 5.97 Å². The predicted octanol–water partition coefficient (Wildman–Crippen LogP) is 5.55. The van der Waals surface area contributed by atoms with Gasteiger partial charge in [0.25, 0.3) is 0 Å². The average Bonchev–Trinajstić information content (AvgIpc) is 2.61. The molecular formula is C21H38O4. The average molecular weight is 355 g/mol. The van der Waals surface area contributed by atoms with Crippen LogP contribution in [0.5, 0.6) is 0 Å². The number of ether oxygens (including phenoxy) is 3. The van der Waals surface area contributed by atoms with Crippen molar-refractivity contribution in [2.45, 2.75) is 103 Å². The van der Waals surface area contributed by atoms with Crippen molar-refractivity contribution in [3.05, 3.63) is 12.2 Å². The Morgan fingerprint density at radius 1 is 1.12 bits per heavy atom. The number of carbonyl (C=O) groups is 1. The molecule has 0 radical (unpaired) electrons. The Morgan fingerprint density at radius 2 is 1.92 bits per heavy atom. The quantitative estimate of drug-likeness (QED) is 0.233. The highest BCUT2D eigenvalue weighted by molar-refractivity contribution is 5.69. The molecule has 0 aromatic heterocycles. The summed E-state index contributed by atoms with van der Waals surface area (Å²) in [5.41, 5.74) is 0. The van der Waals surface area contributed by atoms with Crippen LogP contribution in [0.25, 0.3) is 0 Å². The van der Waals surface area contributed by atoms with Gasteiger partial charge in [-0.3, -0.25) is 4.79 Å². The van der Waals surface area contributed by atoms with Crippen molar-refractivity contribution in [3.8, 4) is 0 Å². The lowest BCUT2D eigenvalue weighted by atomic mass is 10.1. The molecule has 0 spiro atoms. The molecule has 1 saturated heterocycles. The van der Waals surface area contributed by atoms with Crippen LogP contribution in [0.4, 0.5) is 0 Å². The molecule has 1 fully saturated rings. The molecule has 0 amide bonds. The molecule has 1 unspecified atom stereocenters. The van der Waals surface area contributed by atoms with E-state index in [4.69, 9.17) is 14.2 Å². The number of allylic oxidation sites excluding steroid dienone is 2. The first-order valence-corrected chi connectivity index (χ1v) is 10.3. The summed E-state index contributed by atoms with van der Waals surface area (Å²) in [6.45, 7) is 5.26. The van der Waals surface area contributed by atoms with Crippen LogP contribution in [0.3, 0.4) is 0 Å². The minimum atomic E-state index is -0.178. The van der Waals surface area contributed by atoms with Crippen LogP contribution in [0.15, 0.2) is 12.2 Å². The largest absolute Gasteiger partial charge is 0.466 e. The highest BCUT2D eigenvalue weighted by Gasteiger charge is 2.22. The van der Waals surface area contributed by atoms with Crippen LogP contribution < -0.4 is 0 Å². The molecule has 1 aliphatic heterocycles. The second-order valence-electron chi connectivity index (χ2n) is 6.82. The monoisotopic (exact) mass is 354 g/mol. The van der Waals surface area contributed by atoms with Gasteiger partial charge in [-0.15, -0.1) is 0 Å². The van der Waals surface area contributed by atoms with E-state index < -0.39 is 0 Å². The van der Waals surface area contributed by atoms with Crippen molar-refractivity contribution in [1.82, 2.24) is 0 Å². The Morgan fingerprint density at radius 3 is 2.64 bits per heavy atom. The van der Waals surface area contributed by atoms with Crippen LogP contribution in [-0.4, -0.2) is 31.6 Å². The van der Waals surface area contributed by atoms with E-state index in [-0.39, 0.29) is 18.4 Å². The first kappa shape index (κ1) is 22.2. The second-order valence-corrected chi connectivity index (χ2v) is 6.82. The molecule has 0 aromatic rings. The van der Waals surface area contributed by atoms with Gasteiger partial charge in [-0.25, -0.2) is 0 Å². The van der Waals surface area contributed by atoms with Crippen molar-refractivity contribution in [1.29, 1.82) is 0 Å². The maximum atomic E-state index is 11.8. The SMILES string of the molecule is CCCCCCC/C=C\CC[C@H](CC(=O)OCC)OC1CCCCO1. The van der Waals surface area contributed by atoms with E-state index in [1.807, 2.05) is 6.92 Å². The van der Waals surface area contributed by atoms with Gasteiger partial charge in [0, 0.05) is 6.61 Å². The molecule has 0 aromatic carbocycles. The fourth-order valence-electron chi connectivity index (χ4n) is 3.04. The van der Waals surface area contributed by atoms with E-state index in [9.17, 15) is 4.79 Å². The molecule has 1 aliphatic rings. The Bertz CT molecular complexity index is 348. The summed E-state index contributed by atoms with van der Waals surface area (Å²) in [4.78, 5) is 11.8. The minimum Gasteiger partial charge on any atom is -0.466 e. The van der Waals surface area contributed by atoms with Crippen molar-refractivity contribution < 1.29 is 19.0 Å². The Labute approximate surface area is 154 Å². The maximum Gasteiger partial charge on any atom is 0.308 e. The summed E-state index contributed by atoms with van der Waals surface area (Å²) in [6.07, 6.45) is 17.2. The van der Waals surface area contributed by atoms with E-state index >= 15 is 0 Å². The van der Waals surface area contributed by atoms with Crippen LogP contribution in [0.2, 0.25) is 0 Å². The number of unbranched alkanes of at least 4 members (excludes halogenated alkanes) is 5. The normalized spacial score (nSPS) is 19.2. The van der Waals surface area contributed by atoms with Gasteiger partial charge in [0.05, 0.1) is 19.1 Å². The van der Waals surface area contributed by atoms with Crippen molar-refractivity contribution in [3.63, 3.8) is 0 Å². The van der Waals surface area contributed by atoms with Gasteiger partial charge < -0.3 is 14.2 Å². The lowest BCUT2D eigenvalue weighted by Gasteiger charge is -2.27. The number of carbonyl (C=O) groups excluding carboxylic acids is 1. The lowest BCUT2D eigenvalue weighted by Crippen LogP contribution is -2.29. The fourth-order valence-corrected chi connectivity index (χ4v) is 3.04. The van der Waals surface area contributed by atoms with Crippen LogP contribution in [0.1, 0.15) is 90.9 Å². The third-order valence-corrected chi connectivity index (χ3v) is 4.48. The van der Waals surface area contributed by atoms with Crippen molar-refractivity contribution in [2.75, 3.05) is 13.2 Å². The van der Waals surface area contributed by atoms with Gasteiger partial charge in [0.1, 0.15) is 0 Å². The van der Waals surface area contributed by atoms with E-state index in [1.165, 1.54) is 32.1 Å². The molecule has 0 bridgehead atoms. The molecular weight excluding hydrogens is 316 g/mol. The molecule has 146 valence electrons. The smallest absolute Gasteiger partial charge is 0.308 e. The standard InChI is InChI=1S/C21H38O4/c1-3-5-6-7-8-9-10-11-12-15-19(18-20(22)23-4-2)25-21-16-13-14-17-24-21/h10-11,19,21H,3-9,12-18H2,1-2H3/b11-10-/t19-,21?/m1/s1. The molecule has 25 heavy (non-hydrogen) atoms. The van der Waals surface area contributed by atoms with E-state index in [0.717, 1.165) is 45.1 Å². The number of hydrogen-bond acceptors (Lipinski definition) is 4. The molecule has 0 N–H and O–H groups in total. The van der Waals surface area contributed by atoms with Crippen LogP contribution in [-0.2, 0) is 19.0 Å². The van der Waals surface area contributed by atoms with Crippen molar-refractivity contribution in [2.24, 2.45) is 0 Å². The highest BCUT2D eigenvalue weighted by Crippen LogP contribution is 2.19. The van der Waals surface area contributed by atoms with E-state index in [0.29, 0.717) is 13.0 Å². The summed E-state index contributed by atoms with van der Waals surface area (Å²) in [5.74, 6) is -0.178. The minimum absolute atomic E-state index is 0.114. The number of rotatable bonds is 14. The molecule has 1 rings (SSSR count). The van der Waals surface area contributed by atoms with Gasteiger partial charge in [0.2, 0.25) is 0 Å². The summed E-state index contributed by atoms with van der Waals surface area (Å²) in [5, 5.41) is 0. The predicted molar refractivity (Wildman–Crippen MR) is 101 cm³/mol. The molecule has 4 nitrogen and oxygen atoms in total. The van der Waals surface area contributed by atoms with Crippen LogP contribution in [0, 0.1) is 0 Å². The third-order valence-electron chi connectivity index (χ3n) is 4.48. The van der Waals surface area contributed by atoms with Gasteiger partial charge in [-0.2, -0.15) is 0 Å². The fraction of sp³-hybridized carbons (Fsp3) is 0.857. The van der Waals surface area contributed by atoms with Gasteiger partial charge >= 0.3 is 5.97 Å². The molecule has 4 heteroatoms.